The molecule has 0 atom stereocenters. The third-order valence-corrected chi connectivity index (χ3v) is 6.60. The number of aryl methyl sites for hydroxylation is 1. The van der Waals surface area contributed by atoms with Crippen LogP contribution in [0.1, 0.15) is 42.1 Å². The Labute approximate surface area is 231 Å². The number of nitrogens with one attached hydrogen (secondary N) is 2. The van der Waals surface area contributed by atoms with Crippen molar-refractivity contribution in [3.63, 3.8) is 0 Å². The monoisotopic (exact) mass is 551 g/mol. The molecular weight excluding hydrogens is 525 g/mol. The number of anilines is 3. The average molecular weight is 552 g/mol. The lowest BCUT2D eigenvalue weighted by Crippen LogP contribution is -2.32. The van der Waals surface area contributed by atoms with Crippen LogP contribution >= 0.6 is 23.2 Å². The van der Waals surface area contributed by atoms with E-state index in [1.165, 1.54) is 0 Å². The second-order valence-electron chi connectivity index (χ2n) is 8.80. The van der Waals surface area contributed by atoms with Gasteiger partial charge in [-0.2, -0.15) is 0 Å². The van der Waals surface area contributed by atoms with E-state index in [4.69, 9.17) is 27.9 Å². The third-order valence-electron chi connectivity index (χ3n) is 6.00. The highest BCUT2D eigenvalue weighted by Gasteiger charge is 2.39. The van der Waals surface area contributed by atoms with Crippen molar-refractivity contribution in [1.82, 2.24) is 0 Å². The number of halogens is 2. The Bertz CT molecular complexity index is 1390. The van der Waals surface area contributed by atoms with E-state index in [0.29, 0.717) is 34.3 Å². The van der Waals surface area contributed by atoms with Gasteiger partial charge < -0.3 is 15.4 Å². The molecule has 0 saturated carbocycles. The summed E-state index contributed by atoms with van der Waals surface area (Å²) in [5.41, 5.74) is 2.49. The van der Waals surface area contributed by atoms with E-state index in [1.54, 1.807) is 54.6 Å². The summed E-state index contributed by atoms with van der Waals surface area (Å²) >= 11 is 12.2. The van der Waals surface area contributed by atoms with E-state index < -0.39 is 11.8 Å². The van der Waals surface area contributed by atoms with E-state index in [1.807, 2.05) is 19.1 Å². The van der Waals surface area contributed by atoms with Gasteiger partial charge in [0.15, 0.2) is 0 Å². The van der Waals surface area contributed by atoms with Crippen LogP contribution in [0.3, 0.4) is 0 Å². The summed E-state index contributed by atoms with van der Waals surface area (Å²) in [5.74, 6) is -0.838. The van der Waals surface area contributed by atoms with Crippen LogP contribution in [0, 0.1) is 6.92 Å². The fourth-order valence-electron chi connectivity index (χ4n) is 3.85. The number of imide groups is 1. The lowest BCUT2D eigenvalue weighted by molar-refractivity contribution is -0.120. The largest absolute Gasteiger partial charge is 0.494 e. The van der Waals surface area contributed by atoms with Crippen molar-refractivity contribution in [3.05, 3.63) is 93.6 Å². The predicted octanol–water partition coefficient (Wildman–Crippen LogP) is 6.91. The summed E-state index contributed by atoms with van der Waals surface area (Å²) in [6.07, 6.45) is 3.25. The topological polar surface area (TPSA) is 87.7 Å². The number of hydrogen-bond donors (Lipinski definition) is 2. The van der Waals surface area contributed by atoms with Crippen molar-refractivity contribution in [2.75, 3.05) is 22.1 Å². The van der Waals surface area contributed by atoms with Gasteiger partial charge in [0.25, 0.3) is 17.7 Å². The van der Waals surface area contributed by atoms with Crippen LogP contribution < -0.4 is 20.3 Å². The molecule has 2 N–H and O–H groups in total. The van der Waals surface area contributed by atoms with Crippen molar-refractivity contribution >= 4 is 58.0 Å². The van der Waals surface area contributed by atoms with Gasteiger partial charge in [-0.3, -0.25) is 14.4 Å². The molecule has 0 aromatic heterocycles. The SMILES string of the molecule is CCCCCOc1ccc(NC(=O)c2ccc(C)c(NC3=C(Cl)C(=O)N(c4ccc(Cl)cc4)C3=O)c2)cc1. The number of rotatable bonds is 10. The van der Waals surface area contributed by atoms with Gasteiger partial charge >= 0.3 is 0 Å². The summed E-state index contributed by atoms with van der Waals surface area (Å²) < 4.78 is 5.71. The molecule has 7 nitrogen and oxygen atoms in total. The van der Waals surface area contributed by atoms with E-state index in [9.17, 15) is 14.4 Å². The summed E-state index contributed by atoms with van der Waals surface area (Å²) in [6.45, 7) is 4.61. The summed E-state index contributed by atoms with van der Waals surface area (Å²) in [5, 5.41) is 6.05. The van der Waals surface area contributed by atoms with Crippen molar-refractivity contribution in [2.45, 2.75) is 33.1 Å². The number of ether oxygens (including phenoxy) is 1. The first-order valence-electron chi connectivity index (χ1n) is 12.2. The highest BCUT2D eigenvalue weighted by atomic mass is 35.5. The van der Waals surface area contributed by atoms with Gasteiger partial charge in [0.2, 0.25) is 0 Å². The minimum Gasteiger partial charge on any atom is -0.494 e. The van der Waals surface area contributed by atoms with Gasteiger partial charge in [-0.1, -0.05) is 49.0 Å². The second kappa shape index (κ2) is 12.2. The van der Waals surface area contributed by atoms with E-state index >= 15 is 0 Å². The molecule has 0 spiro atoms. The zero-order valence-corrected chi connectivity index (χ0v) is 22.5. The lowest BCUT2D eigenvalue weighted by Gasteiger charge is -2.16. The minimum atomic E-state index is -0.647. The molecule has 196 valence electrons. The Balaban J connectivity index is 1.45. The minimum absolute atomic E-state index is 0.0678. The maximum absolute atomic E-state index is 13.1. The van der Waals surface area contributed by atoms with Gasteiger partial charge in [0, 0.05) is 22.0 Å². The first-order chi connectivity index (χ1) is 18.3. The molecule has 9 heteroatoms. The molecule has 0 unspecified atom stereocenters. The van der Waals surface area contributed by atoms with E-state index in [-0.39, 0.29) is 16.6 Å². The molecule has 0 radical (unpaired) electrons. The fourth-order valence-corrected chi connectivity index (χ4v) is 4.19. The zero-order valence-electron chi connectivity index (χ0n) is 21.0. The highest BCUT2D eigenvalue weighted by Crippen LogP contribution is 2.32. The number of hydrogen-bond acceptors (Lipinski definition) is 5. The van der Waals surface area contributed by atoms with Crippen LogP contribution in [0.15, 0.2) is 77.5 Å². The fraction of sp³-hybridized carbons (Fsp3) is 0.207. The Kier molecular flexibility index (Phi) is 8.71. The lowest BCUT2D eigenvalue weighted by atomic mass is 10.1. The van der Waals surface area contributed by atoms with Crippen molar-refractivity contribution < 1.29 is 19.1 Å². The van der Waals surface area contributed by atoms with Gasteiger partial charge in [-0.15, -0.1) is 0 Å². The zero-order chi connectivity index (χ0) is 27.2. The number of carbonyl (C=O) groups excluding carboxylic acids is 3. The summed E-state index contributed by atoms with van der Waals surface area (Å²) in [6, 6.07) is 18.5. The highest BCUT2D eigenvalue weighted by molar-refractivity contribution is 6.53. The number of amides is 3. The number of benzene rings is 3. The number of carbonyl (C=O) groups is 3. The molecule has 4 rings (SSSR count). The first kappa shape index (κ1) is 27.2. The quantitative estimate of drug-likeness (QED) is 0.211. The van der Waals surface area contributed by atoms with Gasteiger partial charge in [0.05, 0.1) is 12.3 Å². The van der Waals surface area contributed by atoms with E-state index in [0.717, 1.165) is 35.5 Å². The van der Waals surface area contributed by atoms with Gasteiger partial charge in [-0.25, -0.2) is 4.90 Å². The Hall–Kier alpha value is -3.81. The molecular formula is C29H27Cl2N3O4. The Morgan fingerprint density at radius 3 is 2.32 bits per heavy atom. The second-order valence-corrected chi connectivity index (χ2v) is 9.61. The van der Waals surface area contributed by atoms with Crippen LogP contribution in [0.5, 0.6) is 5.75 Å². The number of unbranched alkanes of at least 4 members (excludes halogenated alkanes) is 2. The van der Waals surface area contributed by atoms with Crippen molar-refractivity contribution in [2.24, 2.45) is 0 Å². The van der Waals surface area contributed by atoms with Crippen LogP contribution in [0.2, 0.25) is 5.02 Å². The molecule has 3 amide bonds. The molecule has 0 fully saturated rings. The molecule has 3 aromatic rings. The smallest absolute Gasteiger partial charge is 0.283 e. The van der Waals surface area contributed by atoms with Crippen LogP contribution in [0.25, 0.3) is 0 Å². The van der Waals surface area contributed by atoms with Crippen molar-refractivity contribution in [1.29, 1.82) is 0 Å². The molecule has 38 heavy (non-hydrogen) atoms. The summed E-state index contributed by atoms with van der Waals surface area (Å²) in [7, 11) is 0. The molecule has 1 aliphatic rings. The van der Waals surface area contributed by atoms with Crippen LogP contribution in [-0.2, 0) is 9.59 Å². The van der Waals surface area contributed by atoms with Crippen LogP contribution in [-0.4, -0.2) is 24.3 Å². The third kappa shape index (κ3) is 6.18. The van der Waals surface area contributed by atoms with Crippen molar-refractivity contribution in [3.8, 4) is 5.75 Å². The normalized spacial score (nSPS) is 13.2. The van der Waals surface area contributed by atoms with Gasteiger partial charge in [-0.05, 0) is 79.6 Å². The Morgan fingerprint density at radius 1 is 0.921 bits per heavy atom. The molecule has 0 aliphatic carbocycles. The maximum Gasteiger partial charge on any atom is 0.283 e. The molecule has 1 aliphatic heterocycles. The average Bonchev–Trinajstić information content (AvgIpc) is 3.12. The Morgan fingerprint density at radius 2 is 1.63 bits per heavy atom. The molecule has 0 saturated heterocycles. The standard InChI is InChI=1S/C29H27Cl2N3O4/c1-3-4-5-16-38-23-14-10-21(11-15-23)32-27(35)19-7-6-18(2)24(17-19)33-26-25(31)28(36)34(29(26)37)22-12-8-20(30)9-13-22/h6-15,17,33H,3-5,16H2,1-2H3,(H,32,35). The maximum atomic E-state index is 13.1. The molecule has 0 bridgehead atoms. The number of nitrogens with zero attached hydrogens (tertiary/aromatic N) is 1. The predicted molar refractivity (Wildman–Crippen MR) is 151 cm³/mol. The first-order valence-corrected chi connectivity index (χ1v) is 13.0. The molecule has 3 aromatic carbocycles. The van der Waals surface area contributed by atoms with E-state index in [2.05, 4.69) is 17.6 Å². The molecule has 1 heterocycles. The van der Waals surface area contributed by atoms with Crippen LogP contribution in [0.4, 0.5) is 17.1 Å². The summed E-state index contributed by atoms with van der Waals surface area (Å²) in [4.78, 5) is 39.8. The van der Waals surface area contributed by atoms with Gasteiger partial charge in [0.1, 0.15) is 16.5 Å².